The molecule has 0 aromatic heterocycles. The van der Waals surface area contributed by atoms with Crippen molar-refractivity contribution in [3.63, 3.8) is 0 Å². The maximum absolute atomic E-state index is 12.9. The van der Waals surface area contributed by atoms with Gasteiger partial charge in [0.1, 0.15) is 12.1 Å². The van der Waals surface area contributed by atoms with E-state index in [2.05, 4.69) is 5.32 Å². The van der Waals surface area contributed by atoms with Crippen molar-refractivity contribution >= 4 is 17.4 Å². The molecule has 0 aliphatic carbocycles. The van der Waals surface area contributed by atoms with Crippen LogP contribution in [0.25, 0.3) is 0 Å². The zero-order valence-electron chi connectivity index (χ0n) is 13.6. The Morgan fingerprint density at radius 1 is 1.04 bits per heavy atom. The maximum atomic E-state index is 12.9. The Morgan fingerprint density at radius 3 is 2.17 bits per heavy atom. The number of nitrogens with one attached hydrogen (secondary N) is 1. The Balaban J connectivity index is 2.35. The number of Topliss-reactive ketones (excluding diaryl/α,β-unsaturated/α-hetero) is 1. The molecule has 0 saturated carbocycles. The molecule has 0 heterocycles. The summed E-state index contributed by atoms with van der Waals surface area (Å²) >= 11 is 5.97. The molecule has 0 amide bonds. The van der Waals surface area contributed by atoms with E-state index in [9.17, 15) is 4.79 Å². The minimum Gasteiger partial charge on any atom is -0.369 e. The Kier molecular flexibility index (Phi) is 6.34. The van der Waals surface area contributed by atoms with Crippen LogP contribution in [-0.2, 0) is 4.74 Å². The fourth-order valence-corrected chi connectivity index (χ4v) is 2.62. The molecule has 0 spiro atoms. The third-order valence-corrected chi connectivity index (χ3v) is 3.82. The Morgan fingerprint density at radius 2 is 1.65 bits per heavy atom. The van der Waals surface area contributed by atoms with Gasteiger partial charge in [-0.05, 0) is 38.6 Å². The van der Waals surface area contributed by atoms with Crippen LogP contribution in [0.3, 0.4) is 0 Å². The van der Waals surface area contributed by atoms with Gasteiger partial charge >= 0.3 is 0 Å². The van der Waals surface area contributed by atoms with E-state index in [1.165, 1.54) is 0 Å². The molecule has 0 unspecified atom stereocenters. The van der Waals surface area contributed by atoms with Crippen LogP contribution >= 0.6 is 11.6 Å². The van der Waals surface area contributed by atoms with Crippen molar-refractivity contribution in [2.45, 2.75) is 32.1 Å². The van der Waals surface area contributed by atoms with Crippen LogP contribution in [0, 0.1) is 0 Å². The number of carbonyl (C=O) groups is 1. The Hall–Kier alpha value is -1.68. The highest BCUT2D eigenvalue weighted by molar-refractivity contribution is 6.30. The molecule has 23 heavy (non-hydrogen) atoms. The Bertz CT molecular complexity index is 626. The van der Waals surface area contributed by atoms with Gasteiger partial charge in [0, 0.05) is 10.6 Å². The first-order valence-electron chi connectivity index (χ1n) is 7.70. The summed E-state index contributed by atoms with van der Waals surface area (Å²) in [6, 6.07) is 16.2. The fraction of sp³-hybridized carbons (Fsp3) is 0.316. The normalized spacial score (nSPS) is 13.8. The number of ketones is 1. The first-order valence-corrected chi connectivity index (χ1v) is 8.08. The van der Waals surface area contributed by atoms with E-state index in [-0.39, 0.29) is 18.0 Å². The van der Waals surface area contributed by atoms with E-state index in [4.69, 9.17) is 16.3 Å². The molecular formula is C19H22ClNO2. The van der Waals surface area contributed by atoms with Gasteiger partial charge in [0.2, 0.25) is 0 Å². The fourth-order valence-electron chi connectivity index (χ4n) is 2.50. The largest absolute Gasteiger partial charge is 0.369 e. The highest BCUT2D eigenvalue weighted by Gasteiger charge is 2.30. The molecule has 0 aliphatic heterocycles. The second-order valence-electron chi connectivity index (χ2n) is 5.65. The van der Waals surface area contributed by atoms with Crippen molar-refractivity contribution in [1.82, 2.24) is 5.32 Å². The molecule has 0 aliphatic rings. The third-order valence-electron chi connectivity index (χ3n) is 3.57. The maximum Gasteiger partial charge on any atom is 0.182 e. The molecule has 3 nitrogen and oxygen atoms in total. The average molecular weight is 332 g/mol. The van der Waals surface area contributed by atoms with Gasteiger partial charge in [0.05, 0.1) is 6.10 Å². The van der Waals surface area contributed by atoms with Crippen LogP contribution in [-0.4, -0.2) is 25.0 Å². The van der Waals surface area contributed by atoms with Gasteiger partial charge in [-0.25, -0.2) is 0 Å². The van der Waals surface area contributed by atoms with Gasteiger partial charge in [-0.2, -0.15) is 0 Å². The second-order valence-corrected chi connectivity index (χ2v) is 6.09. The zero-order chi connectivity index (χ0) is 16.8. The molecule has 2 atom stereocenters. The average Bonchev–Trinajstić information content (AvgIpc) is 2.55. The summed E-state index contributed by atoms with van der Waals surface area (Å²) in [5.74, 6) is 0.00806. The van der Waals surface area contributed by atoms with Crippen LogP contribution in [0.1, 0.15) is 35.9 Å². The van der Waals surface area contributed by atoms with E-state index in [1.54, 1.807) is 7.05 Å². The predicted molar refractivity (Wildman–Crippen MR) is 94.0 cm³/mol. The summed E-state index contributed by atoms with van der Waals surface area (Å²) in [6.07, 6.45) is -0.389. The lowest BCUT2D eigenvalue weighted by atomic mass is 9.94. The highest BCUT2D eigenvalue weighted by Crippen LogP contribution is 2.26. The lowest BCUT2D eigenvalue weighted by Crippen LogP contribution is -2.41. The van der Waals surface area contributed by atoms with E-state index < -0.39 is 6.04 Å². The van der Waals surface area contributed by atoms with Crippen molar-refractivity contribution in [2.75, 3.05) is 7.05 Å². The summed E-state index contributed by atoms with van der Waals surface area (Å²) in [5, 5.41) is 3.77. The van der Waals surface area contributed by atoms with E-state index in [0.717, 1.165) is 5.56 Å². The van der Waals surface area contributed by atoms with Gasteiger partial charge in [0.25, 0.3) is 0 Å². The number of rotatable bonds is 7. The first kappa shape index (κ1) is 17.7. The minimum absolute atomic E-state index is 0.00454. The van der Waals surface area contributed by atoms with Crippen LogP contribution in [0.5, 0.6) is 0 Å². The number of hydrogen-bond donors (Lipinski definition) is 1. The quantitative estimate of drug-likeness (QED) is 0.770. The molecule has 2 aromatic carbocycles. The number of ether oxygens (including phenoxy) is 1. The topological polar surface area (TPSA) is 38.3 Å². The highest BCUT2D eigenvalue weighted by atomic mass is 35.5. The standard InChI is InChI=1S/C19H22ClNO2/c1-13(2)23-19(15-9-11-16(20)12-10-15)17(21-3)18(22)14-7-5-4-6-8-14/h4-13,17,19,21H,1-3H3/t17-,19-/m0/s1. The molecule has 0 fully saturated rings. The van der Waals surface area contributed by atoms with Gasteiger partial charge < -0.3 is 10.1 Å². The predicted octanol–water partition coefficient (Wildman–Crippen LogP) is 4.28. The van der Waals surface area contributed by atoms with Crippen LogP contribution in [0.2, 0.25) is 5.02 Å². The van der Waals surface area contributed by atoms with Crippen LogP contribution in [0.15, 0.2) is 54.6 Å². The van der Waals surface area contributed by atoms with E-state index in [1.807, 2.05) is 68.4 Å². The van der Waals surface area contributed by atoms with E-state index in [0.29, 0.717) is 10.6 Å². The lowest BCUT2D eigenvalue weighted by molar-refractivity contribution is -0.0103. The Labute approximate surface area is 142 Å². The van der Waals surface area contributed by atoms with Crippen LogP contribution < -0.4 is 5.32 Å². The molecule has 0 radical (unpaired) electrons. The van der Waals surface area contributed by atoms with Crippen molar-refractivity contribution in [2.24, 2.45) is 0 Å². The van der Waals surface area contributed by atoms with Gasteiger partial charge in [-0.3, -0.25) is 4.79 Å². The lowest BCUT2D eigenvalue weighted by Gasteiger charge is -2.28. The van der Waals surface area contributed by atoms with Crippen molar-refractivity contribution in [3.8, 4) is 0 Å². The zero-order valence-corrected chi connectivity index (χ0v) is 14.4. The van der Waals surface area contributed by atoms with Gasteiger partial charge in [-0.15, -0.1) is 0 Å². The monoisotopic (exact) mass is 331 g/mol. The molecular weight excluding hydrogens is 310 g/mol. The number of carbonyl (C=O) groups excluding carboxylic acids is 1. The second kappa shape index (κ2) is 8.25. The van der Waals surface area contributed by atoms with Gasteiger partial charge in [-0.1, -0.05) is 54.1 Å². The number of halogens is 1. The molecule has 1 N–H and O–H groups in total. The molecule has 2 aromatic rings. The first-order chi connectivity index (χ1) is 11.0. The molecule has 2 rings (SSSR count). The summed E-state index contributed by atoms with van der Waals surface area (Å²) in [7, 11) is 1.78. The summed E-state index contributed by atoms with van der Waals surface area (Å²) in [5.41, 5.74) is 1.59. The minimum atomic E-state index is -0.471. The van der Waals surface area contributed by atoms with Crippen molar-refractivity contribution < 1.29 is 9.53 Å². The number of benzene rings is 2. The smallest absolute Gasteiger partial charge is 0.182 e. The van der Waals surface area contributed by atoms with Crippen molar-refractivity contribution in [3.05, 3.63) is 70.7 Å². The summed E-state index contributed by atoms with van der Waals surface area (Å²) in [4.78, 5) is 12.9. The third kappa shape index (κ3) is 4.64. The number of hydrogen-bond acceptors (Lipinski definition) is 3. The van der Waals surface area contributed by atoms with E-state index >= 15 is 0 Å². The van der Waals surface area contributed by atoms with Gasteiger partial charge in [0.15, 0.2) is 5.78 Å². The summed E-state index contributed by atoms with van der Waals surface area (Å²) < 4.78 is 6.05. The summed E-state index contributed by atoms with van der Waals surface area (Å²) in [6.45, 7) is 3.92. The number of likely N-dealkylation sites (N-methyl/N-ethyl adjacent to an activating group) is 1. The molecule has 0 saturated heterocycles. The van der Waals surface area contributed by atoms with Crippen molar-refractivity contribution in [1.29, 1.82) is 0 Å². The SMILES string of the molecule is CN[C@@H](C(=O)c1ccccc1)[C@@H](OC(C)C)c1ccc(Cl)cc1. The molecule has 0 bridgehead atoms. The molecule has 122 valence electrons. The molecule has 4 heteroatoms. The van der Waals surface area contributed by atoms with Crippen LogP contribution in [0.4, 0.5) is 0 Å².